The van der Waals surface area contributed by atoms with Crippen LogP contribution in [0.3, 0.4) is 0 Å². The van der Waals surface area contributed by atoms with E-state index >= 15 is 0 Å². The molecule has 3 aromatic rings. The number of hydrogen-bond acceptors (Lipinski definition) is 2. The Morgan fingerprint density at radius 2 is 1.30 bits per heavy atom. The quantitative estimate of drug-likeness (QED) is 0.350. The Balaban J connectivity index is 1.75. The van der Waals surface area contributed by atoms with Gasteiger partial charge in [0.1, 0.15) is 0 Å². The molecule has 0 aromatic heterocycles. The lowest BCUT2D eigenvalue weighted by Gasteiger charge is -2.11. The lowest BCUT2D eigenvalue weighted by molar-refractivity contribution is 0.867. The number of anilines is 1. The molecular formula is C23H23N3S. The Hall–Kier alpha value is -2.98. The van der Waals surface area contributed by atoms with Crippen molar-refractivity contribution in [3.8, 4) is 0 Å². The zero-order chi connectivity index (χ0) is 19.1. The van der Waals surface area contributed by atoms with Crippen LogP contribution >= 0.6 is 12.2 Å². The first kappa shape index (κ1) is 18.8. The van der Waals surface area contributed by atoms with Gasteiger partial charge < -0.3 is 5.32 Å². The highest BCUT2D eigenvalue weighted by molar-refractivity contribution is 7.80. The molecule has 0 aliphatic heterocycles. The van der Waals surface area contributed by atoms with E-state index in [0.29, 0.717) is 11.0 Å². The number of nitrogens with zero attached hydrogens (tertiary/aromatic N) is 1. The number of nitrogens with one attached hydrogen (secondary N) is 2. The number of hydrazone groups is 1. The molecule has 0 aliphatic rings. The van der Waals surface area contributed by atoms with Gasteiger partial charge in [-0.3, -0.25) is 5.43 Å². The first-order chi connectivity index (χ1) is 13.1. The summed E-state index contributed by atoms with van der Waals surface area (Å²) in [5.74, 6) is 0.507. The molecule has 3 aromatic carbocycles. The minimum absolute atomic E-state index is 0.455. The molecule has 4 heteroatoms. The van der Waals surface area contributed by atoms with Crippen LogP contribution in [0.2, 0.25) is 0 Å². The van der Waals surface area contributed by atoms with Gasteiger partial charge >= 0.3 is 0 Å². The zero-order valence-corrected chi connectivity index (χ0v) is 16.3. The molecule has 0 atom stereocenters. The molecule has 0 radical (unpaired) electrons. The minimum atomic E-state index is 0.455. The molecule has 0 fully saturated rings. The van der Waals surface area contributed by atoms with Gasteiger partial charge in [0.05, 0.1) is 5.71 Å². The van der Waals surface area contributed by atoms with Crippen LogP contribution < -0.4 is 10.7 Å². The largest absolute Gasteiger partial charge is 0.331 e. The summed E-state index contributed by atoms with van der Waals surface area (Å²) in [6.07, 6.45) is 0. The topological polar surface area (TPSA) is 36.4 Å². The number of rotatable bonds is 5. The second-order valence-electron chi connectivity index (χ2n) is 6.54. The van der Waals surface area contributed by atoms with E-state index in [-0.39, 0.29) is 0 Å². The van der Waals surface area contributed by atoms with Crippen LogP contribution in [0.15, 0.2) is 90.0 Å². The summed E-state index contributed by atoms with van der Waals surface area (Å²) < 4.78 is 0. The van der Waals surface area contributed by atoms with E-state index in [1.54, 1.807) is 0 Å². The average Bonchev–Trinajstić information content (AvgIpc) is 2.70. The highest BCUT2D eigenvalue weighted by Crippen LogP contribution is 2.17. The van der Waals surface area contributed by atoms with Gasteiger partial charge in [0, 0.05) is 16.8 Å². The summed E-state index contributed by atoms with van der Waals surface area (Å²) in [7, 11) is 0. The molecule has 0 aliphatic carbocycles. The standard InChI is InChI=1S/C23H23N3S/c1-17(2)18-13-15-21(16-14-18)24-23(27)26-25-22(19-9-5-3-6-10-19)20-11-7-4-8-12-20/h3-17H,1-2H3,(H2,24,26,27). The molecule has 27 heavy (non-hydrogen) atoms. The van der Waals surface area contributed by atoms with Gasteiger partial charge in [-0.1, -0.05) is 86.6 Å². The molecule has 3 nitrogen and oxygen atoms in total. The van der Waals surface area contributed by atoms with E-state index in [0.717, 1.165) is 22.5 Å². The summed E-state index contributed by atoms with van der Waals surface area (Å²) in [6.45, 7) is 4.36. The summed E-state index contributed by atoms with van der Waals surface area (Å²) >= 11 is 5.41. The Morgan fingerprint density at radius 3 is 1.78 bits per heavy atom. The molecular weight excluding hydrogens is 350 g/mol. The first-order valence-electron chi connectivity index (χ1n) is 8.99. The van der Waals surface area contributed by atoms with Gasteiger partial charge in [-0.05, 0) is 35.8 Å². The predicted octanol–water partition coefficient (Wildman–Crippen LogP) is 5.55. The fraction of sp³-hybridized carbons (Fsp3) is 0.130. The van der Waals surface area contributed by atoms with Crippen molar-refractivity contribution in [2.45, 2.75) is 19.8 Å². The third-order valence-electron chi connectivity index (χ3n) is 4.20. The highest BCUT2D eigenvalue weighted by atomic mass is 32.1. The lowest BCUT2D eigenvalue weighted by atomic mass is 10.0. The van der Waals surface area contributed by atoms with Crippen molar-refractivity contribution in [3.05, 3.63) is 102 Å². The monoisotopic (exact) mass is 373 g/mol. The molecule has 0 unspecified atom stereocenters. The van der Waals surface area contributed by atoms with Crippen LogP contribution in [-0.2, 0) is 0 Å². The fourth-order valence-corrected chi connectivity index (χ4v) is 2.87. The smallest absolute Gasteiger partial charge is 0.191 e. The molecule has 0 heterocycles. The van der Waals surface area contributed by atoms with E-state index in [1.165, 1.54) is 5.56 Å². The Kier molecular flexibility index (Phi) is 6.34. The van der Waals surface area contributed by atoms with Gasteiger partial charge in [0.15, 0.2) is 5.11 Å². The average molecular weight is 374 g/mol. The predicted molar refractivity (Wildman–Crippen MR) is 118 cm³/mol. The maximum absolute atomic E-state index is 5.41. The van der Waals surface area contributed by atoms with Gasteiger partial charge in [0.25, 0.3) is 0 Å². The SMILES string of the molecule is CC(C)c1ccc(NC(=S)NN=C(c2ccccc2)c2ccccc2)cc1. The molecule has 0 spiro atoms. The summed E-state index contributed by atoms with van der Waals surface area (Å²) in [6, 6.07) is 28.4. The van der Waals surface area contributed by atoms with Crippen molar-refractivity contribution >= 4 is 28.7 Å². The summed E-state index contributed by atoms with van der Waals surface area (Å²) in [5, 5.41) is 8.20. The molecule has 2 N–H and O–H groups in total. The van der Waals surface area contributed by atoms with Crippen LogP contribution in [0.1, 0.15) is 36.5 Å². The van der Waals surface area contributed by atoms with Gasteiger partial charge in [-0.2, -0.15) is 5.10 Å². The zero-order valence-electron chi connectivity index (χ0n) is 15.5. The first-order valence-corrected chi connectivity index (χ1v) is 9.40. The fourth-order valence-electron chi connectivity index (χ4n) is 2.70. The Labute approximate surface area is 166 Å². The van der Waals surface area contributed by atoms with E-state index < -0.39 is 0 Å². The summed E-state index contributed by atoms with van der Waals surface area (Å²) in [4.78, 5) is 0. The molecule has 136 valence electrons. The van der Waals surface area contributed by atoms with Crippen molar-refractivity contribution in [1.82, 2.24) is 5.43 Å². The Bertz CT molecular complexity index is 860. The van der Waals surface area contributed by atoms with Crippen LogP contribution in [0.25, 0.3) is 0 Å². The Morgan fingerprint density at radius 1 is 0.778 bits per heavy atom. The van der Waals surface area contributed by atoms with Crippen molar-refractivity contribution in [1.29, 1.82) is 0 Å². The minimum Gasteiger partial charge on any atom is -0.331 e. The molecule has 0 amide bonds. The third kappa shape index (κ3) is 5.25. The van der Waals surface area contributed by atoms with Crippen molar-refractivity contribution in [3.63, 3.8) is 0 Å². The molecule has 3 rings (SSSR count). The van der Waals surface area contributed by atoms with Gasteiger partial charge in [0.2, 0.25) is 0 Å². The second-order valence-corrected chi connectivity index (χ2v) is 6.94. The van der Waals surface area contributed by atoms with E-state index in [4.69, 9.17) is 12.2 Å². The molecule has 0 bridgehead atoms. The molecule has 0 saturated heterocycles. The van der Waals surface area contributed by atoms with E-state index in [1.807, 2.05) is 72.8 Å². The van der Waals surface area contributed by atoms with Crippen molar-refractivity contribution in [2.75, 3.05) is 5.32 Å². The third-order valence-corrected chi connectivity index (χ3v) is 4.39. The highest BCUT2D eigenvalue weighted by Gasteiger charge is 2.07. The maximum Gasteiger partial charge on any atom is 0.191 e. The lowest BCUT2D eigenvalue weighted by Crippen LogP contribution is -2.25. The normalized spacial score (nSPS) is 10.3. The number of thiocarbonyl (C=S) groups is 1. The van der Waals surface area contributed by atoms with Crippen molar-refractivity contribution in [2.24, 2.45) is 5.10 Å². The van der Waals surface area contributed by atoms with E-state index in [2.05, 4.69) is 41.8 Å². The van der Waals surface area contributed by atoms with Crippen LogP contribution in [0.4, 0.5) is 5.69 Å². The van der Waals surface area contributed by atoms with Crippen LogP contribution in [-0.4, -0.2) is 10.8 Å². The number of benzene rings is 3. The number of hydrogen-bond donors (Lipinski definition) is 2. The maximum atomic E-state index is 5.41. The van der Waals surface area contributed by atoms with Crippen molar-refractivity contribution < 1.29 is 0 Å². The second kappa shape index (κ2) is 9.10. The van der Waals surface area contributed by atoms with Gasteiger partial charge in [-0.15, -0.1) is 0 Å². The van der Waals surface area contributed by atoms with Crippen LogP contribution in [0, 0.1) is 0 Å². The van der Waals surface area contributed by atoms with Gasteiger partial charge in [-0.25, -0.2) is 0 Å². The summed E-state index contributed by atoms with van der Waals surface area (Å²) in [5.41, 5.74) is 8.11. The van der Waals surface area contributed by atoms with E-state index in [9.17, 15) is 0 Å². The molecule has 0 saturated carbocycles. The van der Waals surface area contributed by atoms with Crippen LogP contribution in [0.5, 0.6) is 0 Å².